The van der Waals surface area contributed by atoms with Gasteiger partial charge >= 0.3 is 0 Å². The van der Waals surface area contributed by atoms with Crippen molar-refractivity contribution in [3.63, 3.8) is 0 Å². The molecular formula is C12H15N3O3S. The maximum absolute atomic E-state index is 11.8. The van der Waals surface area contributed by atoms with Gasteiger partial charge in [-0.25, -0.2) is 0 Å². The first kappa shape index (κ1) is 13.8. The number of non-ortho nitro benzene ring substituents is 1. The van der Waals surface area contributed by atoms with E-state index in [4.69, 9.17) is 0 Å². The fourth-order valence-corrected chi connectivity index (χ4v) is 2.44. The van der Waals surface area contributed by atoms with E-state index in [0.717, 1.165) is 11.3 Å². The second-order valence-corrected chi connectivity index (χ2v) is 5.20. The van der Waals surface area contributed by atoms with Gasteiger partial charge in [-0.1, -0.05) is 0 Å². The molecule has 1 aromatic rings. The van der Waals surface area contributed by atoms with Crippen LogP contribution in [0.5, 0.6) is 0 Å². The number of nitrogens with one attached hydrogen (secondary N) is 1. The van der Waals surface area contributed by atoms with E-state index in [9.17, 15) is 14.9 Å². The van der Waals surface area contributed by atoms with Crippen LogP contribution in [-0.4, -0.2) is 40.8 Å². The van der Waals surface area contributed by atoms with Gasteiger partial charge in [0, 0.05) is 24.4 Å². The lowest BCUT2D eigenvalue weighted by Gasteiger charge is -2.24. The first-order valence-electron chi connectivity index (χ1n) is 5.89. The van der Waals surface area contributed by atoms with Gasteiger partial charge in [-0.2, -0.15) is 11.8 Å². The number of hydrogen-bond donors (Lipinski definition) is 1. The molecule has 0 saturated carbocycles. The molecule has 0 bridgehead atoms. The van der Waals surface area contributed by atoms with Crippen LogP contribution in [-0.2, 0) is 4.79 Å². The molecule has 1 unspecified atom stereocenters. The molecule has 0 aliphatic carbocycles. The van der Waals surface area contributed by atoms with E-state index < -0.39 is 4.92 Å². The van der Waals surface area contributed by atoms with Crippen LogP contribution in [0.3, 0.4) is 0 Å². The summed E-state index contributed by atoms with van der Waals surface area (Å²) >= 11 is 1.68. The number of thioether (sulfide) groups is 1. The highest BCUT2D eigenvalue weighted by molar-refractivity contribution is 7.98. The van der Waals surface area contributed by atoms with E-state index >= 15 is 0 Å². The summed E-state index contributed by atoms with van der Waals surface area (Å²) in [6, 6.07) is 6.32. The molecule has 1 aliphatic heterocycles. The zero-order valence-corrected chi connectivity index (χ0v) is 11.4. The van der Waals surface area contributed by atoms with E-state index in [1.807, 2.05) is 6.26 Å². The molecule has 1 saturated heterocycles. The molecule has 1 heterocycles. The van der Waals surface area contributed by atoms with Crippen molar-refractivity contribution in [3.05, 3.63) is 39.9 Å². The summed E-state index contributed by atoms with van der Waals surface area (Å²) in [4.78, 5) is 23.7. The summed E-state index contributed by atoms with van der Waals surface area (Å²) in [6.07, 6.45) is 1.81. The molecular weight excluding hydrogens is 266 g/mol. The normalized spacial score (nSPS) is 18.9. The zero-order chi connectivity index (χ0) is 13.8. The van der Waals surface area contributed by atoms with Crippen LogP contribution in [0.4, 0.5) is 5.69 Å². The van der Waals surface area contributed by atoms with Crippen molar-refractivity contribution in [1.29, 1.82) is 0 Å². The number of nitrogens with zero attached hydrogens (tertiary/aromatic N) is 2. The lowest BCUT2D eigenvalue weighted by atomic mass is 10.1. The van der Waals surface area contributed by atoms with Crippen LogP contribution >= 0.6 is 11.8 Å². The third kappa shape index (κ3) is 3.05. The molecule has 6 nitrogen and oxygen atoms in total. The molecule has 1 amide bonds. The lowest BCUT2D eigenvalue weighted by Crippen LogP contribution is -2.32. The SMILES string of the molecule is CSCCN1C(=O)CNC1c1ccc([N+](=O)[O-])cc1. The highest BCUT2D eigenvalue weighted by Gasteiger charge is 2.31. The van der Waals surface area contributed by atoms with Crippen LogP contribution < -0.4 is 5.32 Å². The number of carbonyl (C=O) groups is 1. The Kier molecular flexibility index (Phi) is 4.39. The van der Waals surface area contributed by atoms with Gasteiger partial charge in [0.25, 0.3) is 5.69 Å². The molecule has 1 aliphatic rings. The van der Waals surface area contributed by atoms with Gasteiger partial charge in [0.15, 0.2) is 0 Å². The fraction of sp³-hybridized carbons (Fsp3) is 0.417. The van der Waals surface area contributed by atoms with Crippen LogP contribution in [0, 0.1) is 10.1 Å². The van der Waals surface area contributed by atoms with Crippen molar-refractivity contribution in [2.45, 2.75) is 6.17 Å². The standard InChI is InChI=1S/C12H15N3O3S/c1-19-7-6-14-11(16)8-13-12(14)9-2-4-10(5-3-9)15(17)18/h2-5,12-13H,6-8H2,1H3. The Morgan fingerprint density at radius 3 is 2.74 bits per heavy atom. The maximum Gasteiger partial charge on any atom is 0.269 e. The molecule has 1 aromatic carbocycles. The number of benzene rings is 1. The molecule has 1 fully saturated rings. The Bertz CT molecular complexity index is 478. The lowest BCUT2D eigenvalue weighted by molar-refractivity contribution is -0.384. The first-order valence-corrected chi connectivity index (χ1v) is 7.29. The number of rotatable bonds is 5. The molecule has 2 rings (SSSR count). The van der Waals surface area contributed by atoms with Gasteiger partial charge < -0.3 is 4.90 Å². The summed E-state index contributed by atoms with van der Waals surface area (Å²) in [7, 11) is 0. The maximum atomic E-state index is 11.8. The van der Waals surface area contributed by atoms with Crippen LogP contribution in [0.15, 0.2) is 24.3 Å². The molecule has 0 radical (unpaired) electrons. The number of nitro benzene ring substituents is 1. The molecule has 7 heteroatoms. The van der Waals surface area contributed by atoms with Crippen molar-refractivity contribution >= 4 is 23.4 Å². The molecule has 1 atom stereocenters. The number of hydrogen-bond acceptors (Lipinski definition) is 5. The Morgan fingerprint density at radius 1 is 1.47 bits per heavy atom. The first-order chi connectivity index (χ1) is 9.13. The van der Waals surface area contributed by atoms with Crippen molar-refractivity contribution in [2.75, 3.05) is 25.1 Å². The Labute approximate surface area is 115 Å². The summed E-state index contributed by atoms with van der Waals surface area (Å²) in [5, 5.41) is 13.7. The minimum absolute atomic E-state index is 0.0590. The van der Waals surface area contributed by atoms with E-state index in [1.54, 1.807) is 28.8 Å². The minimum Gasteiger partial charge on any atom is -0.321 e. The smallest absolute Gasteiger partial charge is 0.269 e. The fourth-order valence-electron chi connectivity index (χ4n) is 2.06. The summed E-state index contributed by atoms with van der Waals surface area (Å²) in [6.45, 7) is 0.991. The third-order valence-electron chi connectivity index (χ3n) is 3.03. The Morgan fingerprint density at radius 2 is 2.16 bits per heavy atom. The molecule has 19 heavy (non-hydrogen) atoms. The van der Waals surface area contributed by atoms with Crippen molar-refractivity contribution < 1.29 is 9.72 Å². The highest BCUT2D eigenvalue weighted by Crippen LogP contribution is 2.24. The van der Waals surface area contributed by atoms with Gasteiger partial charge in [0.2, 0.25) is 5.91 Å². The topological polar surface area (TPSA) is 75.5 Å². The van der Waals surface area contributed by atoms with E-state index in [1.165, 1.54) is 12.1 Å². The molecule has 1 N–H and O–H groups in total. The minimum atomic E-state index is -0.428. The number of amides is 1. The van der Waals surface area contributed by atoms with E-state index in [-0.39, 0.29) is 17.8 Å². The molecule has 0 spiro atoms. The van der Waals surface area contributed by atoms with Crippen LogP contribution in [0.25, 0.3) is 0 Å². The van der Waals surface area contributed by atoms with Gasteiger partial charge in [0.05, 0.1) is 11.5 Å². The second-order valence-electron chi connectivity index (χ2n) is 4.21. The predicted octanol–water partition coefficient (Wildman–Crippen LogP) is 1.39. The number of carbonyl (C=O) groups excluding carboxylic acids is 1. The second kappa shape index (κ2) is 6.03. The third-order valence-corrected chi connectivity index (χ3v) is 3.63. The van der Waals surface area contributed by atoms with Crippen LogP contribution in [0.2, 0.25) is 0 Å². The quantitative estimate of drug-likeness (QED) is 0.652. The molecule has 102 valence electrons. The largest absolute Gasteiger partial charge is 0.321 e. The predicted molar refractivity (Wildman–Crippen MR) is 73.9 cm³/mol. The van der Waals surface area contributed by atoms with Gasteiger partial charge in [-0.15, -0.1) is 0 Å². The summed E-state index contributed by atoms with van der Waals surface area (Å²) in [5.74, 6) is 0.939. The number of nitro groups is 1. The van der Waals surface area contributed by atoms with Crippen molar-refractivity contribution in [1.82, 2.24) is 10.2 Å². The Hall–Kier alpha value is -1.60. The van der Waals surface area contributed by atoms with E-state index in [2.05, 4.69) is 5.32 Å². The van der Waals surface area contributed by atoms with Crippen molar-refractivity contribution in [3.8, 4) is 0 Å². The summed E-state index contributed by atoms with van der Waals surface area (Å²) < 4.78 is 0. The summed E-state index contributed by atoms with van der Waals surface area (Å²) in [5.41, 5.74) is 0.932. The highest BCUT2D eigenvalue weighted by atomic mass is 32.2. The van der Waals surface area contributed by atoms with Crippen molar-refractivity contribution in [2.24, 2.45) is 0 Å². The zero-order valence-electron chi connectivity index (χ0n) is 10.5. The molecule has 0 aromatic heterocycles. The monoisotopic (exact) mass is 281 g/mol. The van der Waals surface area contributed by atoms with E-state index in [0.29, 0.717) is 13.1 Å². The van der Waals surface area contributed by atoms with Gasteiger partial charge in [-0.3, -0.25) is 20.2 Å². The average molecular weight is 281 g/mol. The van der Waals surface area contributed by atoms with Gasteiger partial charge in [0.1, 0.15) is 6.17 Å². The van der Waals surface area contributed by atoms with Crippen LogP contribution in [0.1, 0.15) is 11.7 Å². The average Bonchev–Trinajstić information content (AvgIpc) is 2.78. The van der Waals surface area contributed by atoms with Gasteiger partial charge in [-0.05, 0) is 24.0 Å². The Balaban J connectivity index is 2.15.